The summed E-state index contributed by atoms with van der Waals surface area (Å²) in [5.41, 5.74) is 7.42. The predicted molar refractivity (Wildman–Crippen MR) is 477 cm³/mol. The SMILES string of the molecule is CC(=O)C(=O)C=C(O)c1cc(O)cc(OCc2c(Cl)cccc2C#N)c1.CC(=O)C(=O)C=C(O)c1cccc(OCc2c(Cl)cccc2C#N)c1.CC(=O)C(=O)C=C(O)c1cccc(OCc2cc(Br)ccc2C#N)c1.CC(=O)C(=O)C=C(O)c1cccc(OCc2cccc(Cl)c2C#N)c1.COc1cc(C)c(C#N)c(COc2cccc(C(O)=CC(=O)C(C)=O)c2)c1. The normalized spacial score (nSPS) is 10.8. The fraction of sp³-hybridized carbons (Fsp3) is 0.124. The Morgan fingerprint density at radius 1 is 0.336 bits per heavy atom. The second-order valence-corrected chi connectivity index (χ2v) is 28.8. The van der Waals surface area contributed by atoms with E-state index in [4.69, 9.17) is 84.3 Å². The summed E-state index contributed by atoms with van der Waals surface area (Å²) in [6.45, 7) is 7.87. The number of carbonyl (C=O) groups excluding carboxylic acids is 10. The predicted octanol–water partition coefficient (Wildman–Crippen LogP) is 18.7. The first-order valence-corrected chi connectivity index (χ1v) is 39.3. The molecular weight excluding hydrogens is 1770 g/mol. The van der Waals surface area contributed by atoms with Gasteiger partial charge in [0, 0.05) is 141 Å². The van der Waals surface area contributed by atoms with Crippen molar-refractivity contribution in [1.29, 1.82) is 26.3 Å². The molecule has 0 radical (unpaired) electrons. The molecule has 10 aromatic carbocycles. The Morgan fingerprint density at radius 2 is 0.664 bits per heavy atom. The van der Waals surface area contributed by atoms with E-state index in [1.54, 1.807) is 177 Å². The van der Waals surface area contributed by atoms with Crippen LogP contribution in [0.4, 0.5) is 0 Å². The van der Waals surface area contributed by atoms with Gasteiger partial charge < -0.3 is 59.1 Å². The third-order valence-electron chi connectivity index (χ3n) is 17.3. The first-order valence-electron chi connectivity index (χ1n) is 37.4. The molecule has 0 saturated heterocycles. The molecule has 0 heterocycles. The molecule has 0 spiro atoms. The third kappa shape index (κ3) is 31.4. The molecule has 0 bridgehead atoms. The highest BCUT2D eigenvalue weighted by molar-refractivity contribution is 9.10. The van der Waals surface area contributed by atoms with Gasteiger partial charge in [-0.25, -0.2) is 0 Å². The smallest absolute Gasteiger partial charge is 0.224 e. The van der Waals surface area contributed by atoms with E-state index in [0.717, 1.165) is 75.0 Å². The maximum absolute atomic E-state index is 11.4. The molecule has 0 fully saturated rings. The van der Waals surface area contributed by atoms with Gasteiger partial charge in [-0.3, -0.25) is 47.9 Å². The van der Waals surface area contributed by atoms with Crippen molar-refractivity contribution in [3.05, 3.63) is 339 Å². The molecule has 0 aliphatic carbocycles. The Balaban J connectivity index is 0.000000247. The van der Waals surface area contributed by atoms with Crippen LogP contribution in [-0.4, -0.2) is 95.6 Å². The van der Waals surface area contributed by atoms with Crippen LogP contribution in [0.1, 0.15) is 124 Å². The van der Waals surface area contributed by atoms with Gasteiger partial charge in [-0.15, -0.1) is 0 Å². The van der Waals surface area contributed by atoms with Gasteiger partial charge in [0.1, 0.15) is 108 Å². The van der Waals surface area contributed by atoms with E-state index in [9.17, 15) is 83.8 Å². The number of nitrogens with zero attached hydrogens (tertiary/aromatic N) is 5. The van der Waals surface area contributed by atoms with Crippen molar-refractivity contribution >= 4 is 137 Å². The number of aliphatic hydroxyl groups is 5. The van der Waals surface area contributed by atoms with Crippen LogP contribution in [0, 0.1) is 63.6 Å². The maximum Gasteiger partial charge on any atom is 0.224 e. The quantitative estimate of drug-likeness (QED) is 0.0133. The zero-order chi connectivity index (χ0) is 94.4. The summed E-state index contributed by atoms with van der Waals surface area (Å²) in [5, 5.41) is 107. The molecule has 10 aromatic rings. The number of aliphatic hydroxyl groups excluding tert-OH is 5. The van der Waals surface area contributed by atoms with E-state index in [1.165, 1.54) is 30.3 Å². The van der Waals surface area contributed by atoms with Crippen molar-refractivity contribution in [3.63, 3.8) is 0 Å². The van der Waals surface area contributed by atoms with E-state index in [-0.39, 0.29) is 73.1 Å². The van der Waals surface area contributed by atoms with E-state index in [1.807, 2.05) is 19.1 Å². The molecule has 0 unspecified atom stereocenters. The molecule has 0 aliphatic heterocycles. The van der Waals surface area contributed by atoms with Crippen LogP contribution in [0.25, 0.3) is 28.8 Å². The minimum Gasteiger partial charge on any atom is -0.508 e. The number of nitriles is 5. The van der Waals surface area contributed by atoms with Gasteiger partial charge in [0.2, 0.25) is 28.9 Å². The maximum atomic E-state index is 11.4. The van der Waals surface area contributed by atoms with E-state index < -0.39 is 63.6 Å². The van der Waals surface area contributed by atoms with Gasteiger partial charge in [0.05, 0.1) is 64.2 Å². The van der Waals surface area contributed by atoms with E-state index in [2.05, 4.69) is 34.1 Å². The van der Waals surface area contributed by atoms with Crippen LogP contribution in [0.3, 0.4) is 0 Å². The van der Waals surface area contributed by atoms with Gasteiger partial charge in [-0.05, 0) is 134 Å². The van der Waals surface area contributed by atoms with Gasteiger partial charge in [0.25, 0.3) is 0 Å². The second kappa shape index (κ2) is 49.9. The number of benzene rings is 10. The minimum absolute atomic E-state index is 0.0394. The number of ketones is 10. The first kappa shape index (κ1) is 101. The topological polar surface area (TPSA) is 466 Å². The highest BCUT2D eigenvalue weighted by Gasteiger charge is 2.19. The lowest BCUT2D eigenvalue weighted by molar-refractivity contribution is -0.132. The average Bonchev–Trinajstić information content (AvgIpc) is 0.821. The van der Waals surface area contributed by atoms with E-state index >= 15 is 0 Å². The fourth-order valence-electron chi connectivity index (χ4n) is 10.6. The van der Waals surface area contributed by atoms with Crippen molar-refractivity contribution in [2.45, 2.75) is 74.6 Å². The number of rotatable bonds is 31. The van der Waals surface area contributed by atoms with Crippen LogP contribution in [-0.2, 0) is 81.0 Å². The Hall–Kier alpha value is -16.0. The number of halogens is 4. The van der Waals surface area contributed by atoms with Gasteiger partial charge in [-0.1, -0.05) is 124 Å². The van der Waals surface area contributed by atoms with Crippen LogP contribution in [0.15, 0.2) is 235 Å². The van der Waals surface area contributed by atoms with Gasteiger partial charge in [0.15, 0.2) is 28.9 Å². The molecule has 0 saturated carbocycles. The Kier molecular flexibility index (Phi) is 39.3. The number of phenolic OH excluding ortho intramolecular Hbond substituents is 1. The largest absolute Gasteiger partial charge is 0.508 e. The van der Waals surface area contributed by atoms with Crippen LogP contribution < -0.4 is 28.4 Å². The number of Topliss-reactive ketones (excluding diaryl/α,β-unsaturated/α-hetero) is 5. The third-order valence-corrected chi connectivity index (χ3v) is 18.9. The van der Waals surface area contributed by atoms with Crippen LogP contribution in [0.5, 0.6) is 40.2 Å². The number of hydrogen-bond acceptors (Lipinski definition) is 27. The lowest BCUT2D eigenvalue weighted by Gasteiger charge is -2.12. The summed E-state index contributed by atoms with van der Waals surface area (Å²) in [6.07, 6.45) is 4.25. The highest BCUT2D eigenvalue weighted by atomic mass is 79.9. The van der Waals surface area contributed by atoms with Crippen molar-refractivity contribution in [1.82, 2.24) is 0 Å². The second-order valence-electron chi connectivity index (χ2n) is 26.7. The summed E-state index contributed by atoms with van der Waals surface area (Å²) in [6, 6.07) is 63.7. The molecule has 128 heavy (non-hydrogen) atoms. The van der Waals surface area contributed by atoms with E-state index in [0.29, 0.717) is 122 Å². The number of carbonyl (C=O) groups is 10. The minimum atomic E-state index is -0.872. The summed E-state index contributed by atoms with van der Waals surface area (Å²) in [7, 11) is 1.55. The zero-order valence-electron chi connectivity index (χ0n) is 68.9. The fourth-order valence-corrected chi connectivity index (χ4v) is 11.7. The molecule has 0 amide bonds. The van der Waals surface area contributed by atoms with Gasteiger partial charge >= 0.3 is 0 Å². The van der Waals surface area contributed by atoms with Crippen molar-refractivity contribution in [2.24, 2.45) is 0 Å². The van der Waals surface area contributed by atoms with Gasteiger partial charge in [-0.2, -0.15) is 26.3 Å². The molecule has 0 atom stereocenters. The lowest BCUT2D eigenvalue weighted by Crippen LogP contribution is -2.06. The van der Waals surface area contributed by atoms with Crippen LogP contribution >= 0.6 is 50.7 Å². The Labute approximate surface area is 757 Å². The molecule has 0 aromatic heterocycles. The number of allylic oxidation sites excluding steroid dienone is 5. The number of ether oxygens (including phenoxy) is 6. The molecule has 0 aliphatic rings. The molecular formula is C97H75BrCl3N5O22. The standard InChI is InChI=1S/C21H19NO5.C19H14BrNO4.C19H14ClNO5.2C19H14ClNO4/c1-13-7-18(26-3)9-16(19(13)11-22)12-27-17-6-4-5-15(8-17)21(25)10-20(24)14(2)23;1-12(22)18(23)9-19(24)13-3-2-4-17(8-13)25-11-15-7-16(20)6-5-14(15)10-21;1-11(22)18(24)8-19(25)13-5-14(23)7-15(6-13)26-10-16-12(9-21)3-2-4-17(16)20;1-12(22)18(23)9-19(24)13-4-2-6-15(8-13)25-11-14-5-3-7-17(20)16(14)10-21;1-12(22)18(23)9-19(24)13-4-2-6-15(8-13)25-11-16-14(10-21)5-3-7-17(16)20/h4-10,25H,12H2,1-3H3;2-9,24H,11H2,1H3;2-8,23,25H,10H2,1H3;2*2-9,24H,11H2,1H3. The monoisotopic (exact) mass is 1850 g/mol. The summed E-state index contributed by atoms with van der Waals surface area (Å²) in [5.74, 6) is -6.85. The number of methoxy groups -OCH3 is 1. The summed E-state index contributed by atoms with van der Waals surface area (Å²) >= 11 is 21.5. The molecule has 31 heteroatoms. The number of aryl methyl sites for hydroxylation is 1. The lowest BCUT2D eigenvalue weighted by atomic mass is 10.0. The zero-order valence-corrected chi connectivity index (χ0v) is 72.8. The molecule has 648 valence electrons. The number of aromatic hydroxyl groups is 1. The molecule has 27 nitrogen and oxygen atoms in total. The van der Waals surface area contributed by atoms with Crippen molar-refractivity contribution in [2.75, 3.05) is 7.11 Å². The number of phenols is 1. The average molecular weight is 1850 g/mol. The molecule has 10 rings (SSSR count). The van der Waals surface area contributed by atoms with Crippen molar-refractivity contribution in [3.8, 4) is 70.6 Å². The Morgan fingerprint density at radius 3 is 1.03 bits per heavy atom. The molecule has 6 N–H and O–H groups in total. The summed E-state index contributed by atoms with van der Waals surface area (Å²) < 4.78 is 34.3. The Bertz CT molecular complexity index is 6270. The number of hydrogen-bond donors (Lipinski definition) is 6. The highest BCUT2D eigenvalue weighted by Crippen LogP contribution is 2.32. The van der Waals surface area contributed by atoms with Crippen molar-refractivity contribution < 1.29 is 107 Å². The van der Waals surface area contributed by atoms with Crippen LogP contribution in [0.2, 0.25) is 15.1 Å². The summed E-state index contributed by atoms with van der Waals surface area (Å²) in [4.78, 5) is 112. The first-order chi connectivity index (χ1) is 60.9.